The Bertz CT molecular complexity index is 741. The second-order valence-corrected chi connectivity index (χ2v) is 4.86. The van der Waals surface area contributed by atoms with Crippen LogP contribution in [0.15, 0.2) is 66.9 Å². The molecule has 0 aliphatic heterocycles. The van der Waals surface area contributed by atoms with Crippen LogP contribution in [0.4, 0.5) is 0 Å². The van der Waals surface area contributed by atoms with E-state index < -0.39 is 8.25 Å². The van der Waals surface area contributed by atoms with Crippen molar-refractivity contribution >= 4 is 19.2 Å². The Balaban J connectivity index is 1.81. The van der Waals surface area contributed by atoms with Crippen LogP contribution < -0.4 is 9.05 Å². The molecule has 4 nitrogen and oxygen atoms in total. The zero-order valence-corrected chi connectivity index (χ0v) is 11.4. The van der Waals surface area contributed by atoms with Gasteiger partial charge in [-0.05, 0) is 24.3 Å². The fourth-order valence-corrected chi connectivity index (χ4v) is 2.46. The lowest BCUT2D eigenvalue weighted by atomic mass is 10.2. The van der Waals surface area contributed by atoms with E-state index in [0.717, 1.165) is 5.39 Å². The fourth-order valence-electron chi connectivity index (χ4n) is 1.82. The largest absolute Gasteiger partial charge is 0.805 e. The summed E-state index contributed by atoms with van der Waals surface area (Å²) in [5, 5.41) is 0.924. The van der Waals surface area contributed by atoms with Crippen LogP contribution in [0.2, 0.25) is 0 Å². The first-order chi connectivity index (χ1) is 9.83. The van der Waals surface area contributed by atoms with E-state index in [0.29, 0.717) is 17.0 Å². The third-order valence-electron chi connectivity index (χ3n) is 2.69. The summed E-state index contributed by atoms with van der Waals surface area (Å²) in [5.41, 5.74) is 0.662. The molecule has 0 saturated carbocycles. The predicted octanol–water partition coefficient (Wildman–Crippen LogP) is 4.35. The molecule has 1 atom stereocenters. The molecule has 0 aliphatic rings. The van der Waals surface area contributed by atoms with Crippen molar-refractivity contribution in [3.63, 3.8) is 0 Å². The van der Waals surface area contributed by atoms with E-state index in [1.165, 1.54) is 0 Å². The Morgan fingerprint density at radius 3 is 2.50 bits per heavy atom. The second kappa shape index (κ2) is 5.68. The summed E-state index contributed by atoms with van der Waals surface area (Å²) in [6.07, 6.45) is 1.67. The molecule has 0 N–H and O–H groups in total. The van der Waals surface area contributed by atoms with Crippen molar-refractivity contribution in [2.75, 3.05) is 0 Å². The molecular formula is C15H11NO3P+. The van der Waals surface area contributed by atoms with E-state index in [-0.39, 0.29) is 0 Å². The summed E-state index contributed by atoms with van der Waals surface area (Å²) < 4.78 is 22.5. The molecule has 5 heteroatoms. The van der Waals surface area contributed by atoms with Gasteiger partial charge < -0.3 is 0 Å². The summed E-state index contributed by atoms with van der Waals surface area (Å²) >= 11 is 0. The minimum atomic E-state index is -2.30. The van der Waals surface area contributed by atoms with Gasteiger partial charge in [-0.2, -0.15) is 0 Å². The van der Waals surface area contributed by atoms with Crippen molar-refractivity contribution in [3.8, 4) is 11.5 Å². The standard InChI is InChI=1S/C15H11NO3P/c17-20(18-13-8-2-1-3-9-13)19-14-10-4-6-12-7-5-11-16-15(12)14/h1-11H/q+1. The maximum atomic E-state index is 11.9. The van der Waals surface area contributed by atoms with Crippen molar-refractivity contribution in [1.82, 2.24) is 4.98 Å². The summed E-state index contributed by atoms with van der Waals surface area (Å²) in [6.45, 7) is 0. The minimum absolute atomic E-state index is 0.445. The number of hydrogen-bond donors (Lipinski definition) is 0. The highest BCUT2D eigenvalue weighted by atomic mass is 31.1. The lowest BCUT2D eigenvalue weighted by molar-refractivity contribution is 0.417. The molecule has 0 amide bonds. The second-order valence-electron chi connectivity index (χ2n) is 4.05. The van der Waals surface area contributed by atoms with Crippen LogP contribution in [0.25, 0.3) is 10.9 Å². The molecule has 0 fully saturated rings. The lowest BCUT2D eigenvalue weighted by Crippen LogP contribution is -1.90. The molecule has 1 heterocycles. The van der Waals surface area contributed by atoms with E-state index in [1.54, 1.807) is 36.5 Å². The molecular weight excluding hydrogens is 273 g/mol. The van der Waals surface area contributed by atoms with Gasteiger partial charge in [0.25, 0.3) is 0 Å². The first-order valence-corrected chi connectivity index (χ1v) is 7.14. The fraction of sp³-hybridized carbons (Fsp3) is 0. The molecule has 20 heavy (non-hydrogen) atoms. The summed E-state index contributed by atoms with van der Waals surface area (Å²) in [7, 11) is -2.30. The lowest BCUT2D eigenvalue weighted by Gasteiger charge is -1.99. The average molecular weight is 284 g/mol. The van der Waals surface area contributed by atoms with Crippen LogP contribution in [-0.4, -0.2) is 4.98 Å². The van der Waals surface area contributed by atoms with E-state index in [4.69, 9.17) is 9.05 Å². The topological polar surface area (TPSA) is 48.4 Å². The maximum Gasteiger partial charge on any atom is 0.805 e. The molecule has 0 saturated heterocycles. The molecule has 0 spiro atoms. The third-order valence-corrected chi connectivity index (χ3v) is 3.40. The van der Waals surface area contributed by atoms with Crippen molar-refractivity contribution in [1.29, 1.82) is 0 Å². The molecule has 3 rings (SSSR count). The van der Waals surface area contributed by atoms with Gasteiger partial charge >= 0.3 is 8.25 Å². The molecule has 2 aromatic carbocycles. The number of pyridine rings is 1. The predicted molar refractivity (Wildman–Crippen MR) is 77.0 cm³/mol. The first-order valence-electron chi connectivity index (χ1n) is 6.05. The normalized spacial score (nSPS) is 11.1. The van der Waals surface area contributed by atoms with Gasteiger partial charge in [-0.3, -0.25) is 4.98 Å². The molecule has 1 unspecified atom stereocenters. The Labute approximate surface area is 116 Å². The molecule has 1 aromatic heterocycles. The third kappa shape index (κ3) is 2.76. The maximum absolute atomic E-state index is 11.9. The van der Waals surface area contributed by atoms with Crippen molar-refractivity contribution in [2.45, 2.75) is 0 Å². The van der Waals surface area contributed by atoms with Gasteiger partial charge in [0.1, 0.15) is 5.52 Å². The summed E-state index contributed by atoms with van der Waals surface area (Å²) in [4.78, 5) is 4.23. The molecule has 0 radical (unpaired) electrons. The van der Waals surface area contributed by atoms with Gasteiger partial charge in [0, 0.05) is 16.1 Å². The van der Waals surface area contributed by atoms with Crippen LogP contribution in [0.3, 0.4) is 0 Å². The van der Waals surface area contributed by atoms with Gasteiger partial charge in [0.15, 0.2) is 5.75 Å². The van der Waals surface area contributed by atoms with E-state index in [1.807, 2.05) is 30.3 Å². The van der Waals surface area contributed by atoms with Crippen LogP contribution in [0.5, 0.6) is 11.5 Å². The Hall–Kier alpha value is -2.45. The summed E-state index contributed by atoms with van der Waals surface area (Å²) in [6, 6.07) is 18.1. The Morgan fingerprint density at radius 2 is 1.65 bits per heavy atom. The van der Waals surface area contributed by atoms with Crippen LogP contribution in [0.1, 0.15) is 0 Å². The molecule has 0 bridgehead atoms. The number of para-hydroxylation sites is 2. The van der Waals surface area contributed by atoms with E-state index >= 15 is 0 Å². The minimum Gasteiger partial charge on any atom is -0.252 e. The smallest absolute Gasteiger partial charge is 0.252 e. The summed E-state index contributed by atoms with van der Waals surface area (Å²) in [5.74, 6) is 0.946. The quantitative estimate of drug-likeness (QED) is 0.668. The number of hydrogen-bond acceptors (Lipinski definition) is 4. The average Bonchev–Trinajstić information content (AvgIpc) is 2.48. The number of aromatic nitrogens is 1. The molecule has 3 aromatic rings. The first kappa shape index (κ1) is 12.6. The number of rotatable bonds is 4. The number of benzene rings is 2. The highest BCUT2D eigenvalue weighted by Crippen LogP contribution is 2.33. The van der Waals surface area contributed by atoms with E-state index in [2.05, 4.69) is 4.98 Å². The van der Waals surface area contributed by atoms with E-state index in [9.17, 15) is 4.57 Å². The molecule has 98 valence electrons. The van der Waals surface area contributed by atoms with Gasteiger partial charge in [-0.1, -0.05) is 36.4 Å². The van der Waals surface area contributed by atoms with Crippen LogP contribution in [0, 0.1) is 0 Å². The SMILES string of the molecule is O=[P+](Oc1ccccc1)Oc1cccc2cccnc12. The zero-order chi connectivity index (χ0) is 13.8. The number of nitrogens with zero attached hydrogens (tertiary/aromatic N) is 1. The van der Waals surface area contributed by atoms with Crippen molar-refractivity contribution in [3.05, 3.63) is 66.9 Å². The Kier molecular flexibility index (Phi) is 3.57. The highest BCUT2D eigenvalue weighted by molar-refractivity contribution is 7.34. The van der Waals surface area contributed by atoms with Crippen LogP contribution >= 0.6 is 8.25 Å². The highest BCUT2D eigenvalue weighted by Gasteiger charge is 2.25. The van der Waals surface area contributed by atoms with Gasteiger partial charge in [0.05, 0.1) is 0 Å². The van der Waals surface area contributed by atoms with Gasteiger partial charge in [-0.25, -0.2) is 9.05 Å². The number of fused-ring (bicyclic) bond motifs is 1. The Morgan fingerprint density at radius 1 is 0.850 bits per heavy atom. The van der Waals surface area contributed by atoms with Gasteiger partial charge in [-0.15, -0.1) is 0 Å². The van der Waals surface area contributed by atoms with Crippen LogP contribution in [-0.2, 0) is 4.57 Å². The molecule has 0 aliphatic carbocycles. The monoisotopic (exact) mass is 284 g/mol. The van der Waals surface area contributed by atoms with Crippen molar-refractivity contribution in [2.24, 2.45) is 0 Å². The van der Waals surface area contributed by atoms with Crippen molar-refractivity contribution < 1.29 is 13.6 Å². The van der Waals surface area contributed by atoms with Gasteiger partial charge in [0.2, 0.25) is 5.75 Å². The zero-order valence-electron chi connectivity index (χ0n) is 10.5.